The molecule has 0 heterocycles. The van der Waals surface area contributed by atoms with Crippen LogP contribution in [0, 0.1) is 11.3 Å². The van der Waals surface area contributed by atoms with Gasteiger partial charge in [0.1, 0.15) is 5.75 Å². The summed E-state index contributed by atoms with van der Waals surface area (Å²) >= 11 is 0. The zero-order chi connectivity index (χ0) is 16.2. The SMILES string of the molecule is COc1ccc([C@H](O)C(=O)NCC2(CC(C)C)CCC2)cc1. The molecule has 1 aromatic carbocycles. The molecule has 22 heavy (non-hydrogen) atoms. The summed E-state index contributed by atoms with van der Waals surface area (Å²) in [7, 11) is 1.59. The summed E-state index contributed by atoms with van der Waals surface area (Å²) in [5.41, 5.74) is 0.827. The number of ether oxygens (including phenoxy) is 1. The van der Waals surface area contributed by atoms with Crippen LogP contribution in [0.4, 0.5) is 0 Å². The van der Waals surface area contributed by atoms with Crippen LogP contribution in [0.5, 0.6) is 5.75 Å². The van der Waals surface area contributed by atoms with Gasteiger partial charge >= 0.3 is 0 Å². The van der Waals surface area contributed by atoms with Crippen LogP contribution < -0.4 is 10.1 Å². The van der Waals surface area contributed by atoms with E-state index in [9.17, 15) is 9.90 Å². The number of methoxy groups -OCH3 is 1. The fourth-order valence-electron chi connectivity index (χ4n) is 3.30. The van der Waals surface area contributed by atoms with Gasteiger partial charge in [0.05, 0.1) is 7.11 Å². The molecule has 0 aromatic heterocycles. The maximum Gasteiger partial charge on any atom is 0.253 e. The maximum atomic E-state index is 12.2. The molecule has 0 saturated heterocycles. The van der Waals surface area contributed by atoms with Crippen molar-refractivity contribution in [1.29, 1.82) is 0 Å². The van der Waals surface area contributed by atoms with Gasteiger partial charge in [0.2, 0.25) is 0 Å². The highest BCUT2D eigenvalue weighted by atomic mass is 16.5. The van der Waals surface area contributed by atoms with Crippen molar-refractivity contribution in [3.63, 3.8) is 0 Å². The molecule has 0 aliphatic heterocycles. The molecule has 1 aliphatic rings. The second kappa shape index (κ2) is 7.14. The molecule has 0 radical (unpaired) electrons. The van der Waals surface area contributed by atoms with Crippen LogP contribution in [0.25, 0.3) is 0 Å². The van der Waals surface area contributed by atoms with Gasteiger partial charge in [-0.1, -0.05) is 32.4 Å². The molecule has 1 saturated carbocycles. The lowest BCUT2D eigenvalue weighted by atomic mass is 9.64. The number of nitrogens with one attached hydrogen (secondary N) is 1. The Morgan fingerprint density at radius 2 is 1.95 bits per heavy atom. The minimum absolute atomic E-state index is 0.240. The molecule has 2 rings (SSSR count). The average molecular weight is 305 g/mol. The summed E-state index contributed by atoms with van der Waals surface area (Å²) in [5.74, 6) is 1.02. The molecular weight excluding hydrogens is 278 g/mol. The van der Waals surface area contributed by atoms with Crippen molar-refractivity contribution in [3.8, 4) is 5.75 Å². The summed E-state index contributed by atoms with van der Waals surface area (Å²) in [6, 6.07) is 6.93. The molecule has 1 fully saturated rings. The molecular formula is C18H27NO3. The molecule has 1 aliphatic carbocycles. The van der Waals surface area contributed by atoms with Gasteiger partial charge in [-0.05, 0) is 48.3 Å². The summed E-state index contributed by atoms with van der Waals surface area (Å²) in [4.78, 5) is 12.2. The van der Waals surface area contributed by atoms with E-state index in [4.69, 9.17) is 4.74 Å². The third kappa shape index (κ3) is 4.01. The number of aliphatic hydroxyl groups is 1. The number of hydrogen-bond donors (Lipinski definition) is 2. The highest BCUT2D eigenvalue weighted by Crippen LogP contribution is 2.45. The molecule has 0 bridgehead atoms. The van der Waals surface area contributed by atoms with Gasteiger partial charge in [0, 0.05) is 6.54 Å². The Morgan fingerprint density at radius 1 is 1.32 bits per heavy atom. The number of aliphatic hydroxyl groups excluding tert-OH is 1. The lowest BCUT2D eigenvalue weighted by molar-refractivity contribution is -0.130. The third-order valence-electron chi connectivity index (χ3n) is 4.57. The Labute approximate surface area is 132 Å². The minimum atomic E-state index is -1.12. The largest absolute Gasteiger partial charge is 0.497 e. The Balaban J connectivity index is 1.90. The van der Waals surface area contributed by atoms with Crippen LogP contribution in [-0.2, 0) is 4.79 Å². The number of carbonyl (C=O) groups excluding carboxylic acids is 1. The predicted molar refractivity (Wildman–Crippen MR) is 86.7 cm³/mol. The minimum Gasteiger partial charge on any atom is -0.497 e. The average Bonchev–Trinajstić information content (AvgIpc) is 2.48. The second-order valence-corrected chi connectivity index (χ2v) is 6.85. The smallest absolute Gasteiger partial charge is 0.253 e. The summed E-state index contributed by atoms with van der Waals surface area (Å²) < 4.78 is 5.08. The molecule has 122 valence electrons. The van der Waals surface area contributed by atoms with Crippen LogP contribution in [-0.4, -0.2) is 24.7 Å². The zero-order valence-electron chi connectivity index (χ0n) is 13.8. The number of rotatable bonds is 7. The first-order valence-corrected chi connectivity index (χ1v) is 8.05. The van der Waals surface area contributed by atoms with Crippen molar-refractivity contribution in [3.05, 3.63) is 29.8 Å². The quantitative estimate of drug-likeness (QED) is 0.814. The van der Waals surface area contributed by atoms with Gasteiger partial charge in [-0.15, -0.1) is 0 Å². The van der Waals surface area contributed by atoms with Crippen LogP contribution >= 0.6 is 0 Å². The summed E-state index contributed by atoms with van der Waals surface area (Å²) in [6.45, 7) is 5.10. The van der Waals surface area contributed by atoms with E-state index in [-0.39, 0.29) is 11.3 Å². The van der Waals surface area contributed by atoms with E-state index in [1.54, 1.807) is 31.4 Å². The van der Waals surface area contributed by atoms with Crippen molar-refractivity contribution < 1.29 is 14.6 Å². The van der Waals surface area contributed by atoms with Crippen molar-refractivity contribution >= 4 is 5.91 Å². The first-order chi connectivity index (χ1) is 10.5. The first kappa shape index (κ1) is 16.8. The van der Waals surface area contributed by atoms with E-state index in [1.165, 1.54) is 19.3 Å². The standard InChI is InChI=1S/C18H27NO3/c1-13(2)11-18(9-4-10-18)12-19-17(21)16(20)14-5-7-15(22-3)8-6-14/h5-8,13,16,20H,4,9-12H2,1-3H3,(H,19,21)/t16-/m0/s1. The zero-order valence-corrected chi connectivity index (χ0v) is 13.8. The molecule has 1 aromatic rings. The molecule has 0 spiro atoms. The van der Waals surface area contributed by atoms with Crippen LogP contribution in [0.3, 0.4) is 0 Å². The monoisotopic (exact) mass is 305 g/mol. The molecule has 4 heteroatoms. The fourth-order valence-corrected chi connectivity index (χ4v) is 3.30. The highest BCUT2D eigenvalue weighted by molar-refractivity contribution is 5.82. The van der Waals surface area contributed by atoms with Crippen molar-refractivity contribution in [2.24, 2.45) is 11.3 Å². The van der Waals surface area contributed by atoms with E-state index >= 15 is 0 Å². The van der Waals surface area contributed by atoms with E-state index in [2.05, 4.69) is 19.2 Å². The fraction of sp³-hybridized carbons (Fsp3) is 0.611. The van der Waals surface area contributed by atoms with Gasteiger partial charge in [0.15, 0.2) is 6.10 Å². The Morgan fingerprint density at radius 3 is 2.41 bits per heavy atom. The molecule has 1 amide bonds. The lowest BCUT2D eigenvalue weighted by Gasteiger charge is -2.43. The van der Waals surface area contributed by atoms with Crippen molar-refractivity contribution in [1.82, 2.24) is 5.32 Å². The van der Waals surface area contributed by atoms with Gasteiger partial charge < -0.3 is 15.2 Å². The normalized spacial score (nSPS) is 17.7. The van der Waals surface area contributed by atoms with Gasteiger partial charge in [-0.25, -0.2) is 0 Å². The molecule has 1 atom stereocenters. The lowest BCUT2D eigenvalue weighted by Crippen LogP contribution is -2.44. The number of hydrogen-bond acceptors (Lipinski definition) is 3. The second-order valence-electron chi connectivity index (χ2n) is 6.85. The van der Waals surface area contributed by atoms with E-state index in [0.29, 0.717) is 23.8 Å². The van der Waals surface area contributed by atoms with Crippen molar-refractivity contribution in [2.45, 2.75) is 45.6 Å². The predicted octanol–water partition coefficient (Wildman–Crippen LogP) is 3.06. The molecule has 0 unspecified atom stereocenters. The van der Waals surface area contributed by atoms with Gasteiger partial charge in [-0.2, -0.15) is 0 Å². The number of benzene rings is 1. The van der Waals surface area contributed by atoms with E-state index < -0.39 is 6.10 Å². The third-order valence-corrected chi connectivity index (χ3v) is 4.57. The van der Waals surface area contributed by atoms with Crippen LogP contribution in [0.2, 0.25) is 0 Å². The van der Waals surface area contributed by atoms with Crippen molar-refractivity contribution in [2.75, 3.05) is 13.7 Å². The van der Waals surface area contributed by atoms with E-state index in [0.717, 1.165) is 6.42 Å². The Bertz CT molecular complexity index is 492. The first-order valence-electron chi connectivity index (χ1n) is 8.05. The number of amides is 1. The van der Waals surface area contributed by atoms with E-state index in [1.807, 2.05) is 0 Å². The maximum absolute atomic E-state index is 12.2. The molecule has 4 nitrogen and oxygen atoms in total. The summed E-state index contributed by atoms with van der Waals surface area (Å²) in [5, 5.41) is 13.1. The van der Waals surface area contributed by atoms with Gasteiger partial charge in [-0.3, -0.25) is 4.79 Å². The van der Waals surface area contributed by atoms with Gasteiger partial charge in [0.25, 0.3) is 5.91 Å². The summed E-state index contributed by atoms with van der Waals surface area (Å²) in [6.07, 6.45) is 3.59. The Kier molecular flexibility index (Phi) is 5.46. The number of carbonyl (C=O) groups is 1. The van der Waals surface area contributed by atoms with Crippen LogP contribution in [0.1, 0.15) is 51.2 Å². The molecule has 2 N–H and O–H groups in total. The Hall–Kier alpha value is -1.55. The topological polar surface area (TPSA) is 58.6 Å². The van der Waals surface area contributed by atoms with Crippen LogP contribution in [0.15, 0.2) is 24.3 Å². The highest BCUT2D eigenvalue weighted by Gasteiger charge is 2.37.